The summed E-state index contributed by atoms with van der Waals surface area (Å²) < 4.78 is 1.85. The minimum Gasteiger partial charge on any atom is -0.340 e. The van der Waals surface area contributed by atoms with Crippen molar-refractivity contribution in [3.05, 3.63) is 58.4 Å². The van der Waals surface area contributed by atoms with Crippen molar-refractivity contribution in [2.45, 2.75) is 26.8 Å². The fourth-order valence-corrected chi connectivity index (χ4v) is 4.63. The standard InChI is InChI=1S/C22H27N5OS/c1-16-20(17(2)25(3)24-16)13-21(28)27-11-9-26(10-12-27)14-19-15-29-22(23-19)18-7-5-4-6-8-18/h4-8,15H,9-14H2,1-3H3. The second kappa shape index (κ2) is 8.47. The number of hydrogen-bond donors (Lipinski definition) is 0. The number of carbonyl (C=O) groups excluding carboxylic acids is 1. The second-order valence-corrected chi connectivity index (χ2v) is 8.47. The van der Waals surface area contributed by atoms with Gasteiger partial charge in [0.1, 0.15) is 5.01 Å². The van der Waals surface area contributed by atoms with Gasteiger partial charge in [-0.2, -0.15) is 5.10 Å². The van der Waals surface area contributed by atoms with E-state index in [1.165, 1.54) is 5.56 Å². The monoisotopic (exact) mass is 409 g/mol. The summed E-state index contributed by atoms with van der Waals surface area (Å²) in [7, 11) is 1.93. The molecule has 1 fully saturated rings. The Labute approximate surface area is 175 Å². The van der Waals surface area contributed by atoms with Crippen LogP contribution in [0.15, 0.2) is 35.7 Å². The van der Waals surface area contributed by atoms with Crippen LogP contribution in [0.1, 0.15) is 22.6 Å². The lowest BCUT2D eigenvalue weighted by atomic mass is 10.1. The predicted molar refractivity (Wildman–Crippen MR) is 116 cm³/mol. The molecule has 0 bridgehead atoms. The van der Waals surface area contributed by atoms with Crippen LogP contribution in [0, 0.1) is 13.8 Å². The molecule has 1 aliphatic heterocycles. The first-order chi connectivity index (χ1) is 14.0. The van der Waals surface area contributed by atoms with Crippen molar-refractivity contribution in [1.29, 1.82) is 0 Å². The molecular formula is C22H27N5OS. The molecule has 0 unspecified atom stereocenters. The molecule has 3 aromatic rings. The van der Waals surface area contributed by atoms with Gasteiger partial charge in [0.2, 0.25) is 5.91 Å². The fraction of sp³-hybridized carbons (Fsp3) is 0.409. The molecule has 4 rings (SSSR count). The Morgan fingerprint density at radius 3 is 2.48 bits per heavy atom. The molecule has 0 aliphatic carbocycles. The van der Waals surface area contributed by atoms with Crippen LogP contribution in [-0.2, 0) is 24.8 Å². The quantitative estimate of drug-likeness (QED) is 0.650. The molecule has 2 aromatic heterocycles. The zero-order valence-electron chi connectivity index (χ0n) is 17.3. The van der Waals surface area contributed by atoms with Gasteiger partial charge in [-0.3, -0.25) is 14.4 Å². The van der Waals surface area contributed by atoms with Crippen LogP contribution in [0.4, 0.5) is 0 Å². The van der Waals surface area contributed by atoms with Crippen LogP contribution in [0.5, 0.6) is 0 Å². The molecule has 1 amide bonds. The van der Waals surface area contributed by atoms with E-state index in [4.69, 9.17) is 4.98 Å². The number of rotatable bonds is 5. The number of benzene rings is 1. The van der Waals surface area contributed by atoms with Crippen molar-refractivity contribution in [3.8, 4) is 10.6 Å². The van der Waals surface area contributed by atoms with E-state index in [2.05, 4.69) is 27.5 Å². The first kappa shape index (κ1) is 19.8. The number of amides is 1. The van der Waals surface area contributed by atoms with Gasteiger partial charge in [-0.15, -0.1) is 11.3 Å². The number of thiazole rings is 1. The van der Waals surface area contributed by atoms with Crippen LogP contribution in [0.25, 0.3) is 10.6 Å². The summed E-state index contributed by atoms with van der Waals surface area (Å²) in [5, 5.41) is 7.64. The predicted octanol–water partition coefficient (Wildman–Crippen LogP) is 3.05. The second-order valence-electron chi connectivity index (χ2n) is 7.62. The normalized spacial score (nSPS) is 15.1. The maximum Gasteiger partial charge on any atom is 0.227 e. The van der Waals surface area contributed by atoms with Crippen molar-refractivity contribution in [2.24, 2.45) is 7.05 Å². The summed E-state index contributed by atoms with van der Waals surface area (Å²) in [6.45, 7) is 8.15. The van der Waals surface area contributed by atoms with Crippen molar-refractivity contribution in [2.75, 3.05) is 26.2 Å². The van der Waals surface area contributed by atoms with Gasteiger partial charge in [-0.25, -0.2) is 4.98 Å². The summed E-state index contributed by atoms with van der Waals surface area (Å²) in [5.41, 5.74) is 5.37. The average molecular weight is 410 g/mol. The topological polar surface area (TPSA) is 54.3 Å². The van der Waals surface area contributed by atoms with Crippen LogP contribution >= 0.6 is 11.3 Å². The van der Waals surface area contributed by atoms with Gasteiger partial charge in [0.25, 0.3) is 0 Å². The summed E-state index contributed by atoms with van der Waals surface area (Å²) in [6, 6.07) is 10.3. The van der Waals surface area contributed by atoms with Gasteiger partial charge < -0.3 is 4.90 Å². The lowest BCUT2D eigenvalue weighted by Crippen LogP contribution is -2.48. The van der Waals surface area contributed by atoms with Crippen LogP contribution in [0.2, 0.25) is 0 Å². The fourth-order valence-electron chi connectivity index (χ4n) is 3.81. The third kappa shape index (κ3) is 4.41. The molecule has 152 valence electrons. The number of carbonyl (C=O) groups is 1. The van der Waals surface area contributed by atoms with Gasteiger partial charge in [-0.1, -0.05) is 30.3 Å². The first-order valence-electron chi connectivity index (χ1n) is 10.0. The summed E-state index contributed by atoms with van der Waals surface area (Å²) in [5.74, 6) is 0.198. The number of aromatic nitrogens is 3. The highest BCUT2D eigenvalue weighted by Gasteiger charge is 2.23. The third-order valence-electron chi connectivity index (χ3n) is 5.67. The Balaban J connectivity index is 1.30. The maximum atomic E-state index is 12.8. The Hall–Kier alpha value is -2.51. The van der Waals surface area contributed by atoms with Gasteiger partial charge in [0, 0.05) is 62.0 Å². The Bertz CT molecular complexity index is 986. The van der Waals surface area contributed by atoms with Crippen molar-refractivity contribution in [1.82, 2.24) is 24.6 Å². The average Bonchev–Trinajstić information content (AvgIpc) is 3.29. The highest BCUT2D eigenvalue weighted by Crippen LogP contribution is 2.24. The highest BCUT2D eigenvalue weighted by molar-refractivity contribution is 7.13. The number of nitrogens with zero attached hydrogens (tertiary/aromatic N) is 5. The number of piperazine rings is 1. The molecule has 0 N–H and O–H groups in total. The molecule has 3 heterocycles. The van der Waals surface area contributed by atoms with Crippen LogP contribution in [0.3, 0.4) is 0 Å². The minimum absolute atomic E-state index is 0.198. The Morgan fingerprint density at radius 2 is 1.83 bits per heavy atom. The summed E-state index contributed by atoms with van der Waals surface area (Å²) in [4.78, 5) is 21.9. The van der Waals surface area contributed by atoms with Crippen molar-refractivity contribution < 1.29 is 4.79 Å². The van der Waals surface area contributed by atoms with Crippen molar-refractivity contribution >= 4 is 17.2 Å². The molecule has 0 spiro atoms. The zero-order valence-corrected chi connectivity index (χ0v) is 18.1. The Morgan fingerprint density at radius 1 is 1.10 bits per heavy atom. The van der Waals surface area contributed by atoms with E-state index in [1.807, 2.05) is 48.7 Å². The van der Waals surface area contributed by atoms with E-state index < -0.39 is 0 Å². The van der Waals surface area contributed by atoms with Crippen molar-refractivity contribution in [3.63, 3.8) is 0 Å². The van der Waals surface area contributed by atoms with Crippen LogP contribution in [-0.4, -0.2) is 56.7 Å². The molecule has 0 saturated carbocycles. The molecule has 1 aliphatic rings. The SMILES string of the molecule is Cc1nn(C)c(C)c1CC(=O)N1CCN(Cc2csc(-c3ccccc3)n2)CC1. The maximum absolute atomic E-state index is 12.8. The van der Waals surface area contributed by atoms with E-state index in [0.717, 1.165) is 60.4 Å². The summed E-state index contributed by atoms with van der Waals surface area (Å²) in [6.07, 6.45) is 0.442. The van der Waals surface area contributed by atoms with Gasteiger partial charge >= 0.3 is 0 Å². The van der Waals surface area contributed by atoms with Gasteiger partial charge in [-0.05, 0) is 13.8 Å². The van der Waals surface area contributed by atoms with E-state index in [9.17, 15) is 4.79 Å². The molecule has 6 nitrogen and oxygen atoms in total. The number of hydrogen-bond acceptors (Lipinski definition) is 5. The van der Waals surface area contributed by atoms with E-state index in [0.29, 0.717) is 6.42 Å². The molecule has 1 aromatic carbocycles. The van der Waals surface area contributed by atoms with E-state index >= 15 is 0 Å². The van der Waals surface area contributed by atoms with Crippen LogP contribution < -0.4 is 0 Å². The zero-order chi connectivity index (χ0) is 20.4. The lowest BCUT2D eigenvalue weighted by molar-refractivity contribution is -0.132. The minimum atomic E-state index is 0.198. The lowest BCUT2D eigenvalue weighted by Gasteiger charge is -2.34. The smallest absolute Gasteiger partial charge is 0.227 e. The van der Waals surface area contributed by atoms with E-state index in [-0.39, 0.29) is 5.91 Å². The summed E-state index contributed by atoms with van der Waals surface area (Å²) >= 11 is 1.69. The largest absolute Gasteiger partial charge is 0.340 e. The molecule has 29 heavy (non-hydrogen) atoms. The number of aryl methyl sites for hydroxylation is 2. The van der Waals surface area contributed by atoms with E-state index in [1.54, 1.807) is 11.3 Å². The van der Waals surface area contributed by atoms with Gasteiger partial charge in [0.15, 0.2) is 0 Å². The molecular weight excluding hydrogens is 382 g/mol. The van der Waals surface area contributed by atoms with Gasteiger partial charge in [0.05, 0.1) is 17.8 Å². The molecule has 1 saturated heterocycles. The highest BCUT2D eigenvalue weighted by atomic mass is 32.1. The molecule has 7 heteroatoms. The third-order valence-corrected chi connectivity index (χ3v) is 6.61. The molecule has 0 atom stereocenters. The first-order valence-corrected chi connectivity index (χ1v) is 10.9. The molecule has 0 radical (unpaired) electrons. The Kier molecular flexibility index (Phi) is 5.78.